The number of nitro benzene ring substituents is 1. The molecule has 0 bridgehead atoms. The maximum atomic E-state index is 12.5. The van der Waals surface area contributed by atoms with Crippen molar-refractivity contribution in [3.05, 3.63) is 72.5 Å². The van der Waals surface area contributed by atoms with Crippen molar-refractivity contribution < 1.29 is 18.1 Å². The highest BCUT2D eigenvalue weighted by Gasteiger charge is 2.33. The number of para-hydroxylation sites is 1. The predicted octanol–water partition coefficient (Wildman–Crippen LogP) is 1.51. The number of benzene rings is 1. The van der Waals surface area contributed by atoms with Gasteiger partial charge in [-0.05, 0) is 0 Å². The van der Waals surface area contributed by atoms with Gasteiger partial charge in [-0.25, -0.2) is 4.79 Å². The fraction of sp³-hybridized carbons (Fsp3) is 0.167. The van der Waals surface area contributed by atoms with E-state index >= 15 is 0 Å². The Bertz CT molecular complexity index is 807. The molecule has 0 atom stereocenters. The van der Waals surface area contributed by atoms with Gasteiger partial charge in [0, 0.05) is 17.7 Å². The van der Waals surface area contributed by atoms with E-state index in [0.29, 0.717) is 4.57 Å². The number of H-pyrrole nitrogens is 1. The lowest BCUT2D eigenvalue weighted by Crippen LogP contribution is -2.37. The number of alkyl halides is 3. The highest BCUT2D eigenvalue weighted by atomic mass is 19.4. The van der Waals surface area contributed by atoms with Gasteiger partial charge in [-0.15, -0.1) is 0 Å². The van der Waals surface area contributed by atoms with Gasteiger partial charge in [0.2, 0.25) is 0 Å². The van der Waals surface area contributed by atoms with E-state index in [2.05, 4.69) is 0 Å². The molecule has 0 unspecified atom stereocenters. The predicted molar refractivity (Wildman–Crippen MR) is 68.5 cm³/mol. The molecule has 1 N–H and O–H groups in total. The van der Waals surface area contributed by atoms with Gasteiger partial charge in [-0.2, -0.15) is 13.2 Å². The Morgan fingerprint density at radius 2 is 1.86 bits per heavy atom. The normalized spacial score (nSPS) is 11.4. The van der Waals surface area contributed by atoms with Crippen molar-refractivity contribution >= 4 is 5.69 Å². The Hall–Kier alpha value is -2.91. The number of nitrogens with one attached hydrogen (secondary N) is 1. The second-order valence-corrected chi connectivity index (χ2v) is 4.30. The van der Waals surface area contributed by atoms with Crippen LogP contribution in [0.15, 0.2) is 39.9 Å². The number of hydrogen-bond donors (Lipinski definition) is 1. The third-order valence-corrected chi connectivity index (χ3v) is 2.84. The van der Waals surface area contributed by atoms with Gasteiger partial charge >= 0.3 is 11.9 Å². The summed E-state index contributed by atoms with van der Waals surface area (Å²) in [5, 5.41) is 10.9. The van der Waals surface area contributed by atoms with Gasteiger partial charge in [-0.1, -0.05) is 18.2 Å². The largest absolute Gasteiger partial charge is 0.431 e. The molecule has 0 saturated heterocycles. The zero-order valence-corrected chi connectivity index (χ0v) is 10.8. The molecule has 10 heteroatoms. The Labute approximate surface area is 119 Å². The van der Waals surface area contributed by atoms with Crippen molar-refractivity contribution in [3.8, 4) is 0 Å². The number of hydrogen-bond acceptors (Lipinski definition) is 4. The average Bonchev–Trinajstić information content (AvgIpc) is 2.41. The van der Waals surface area contributed by atoms with Crippen LogP contribution in [0.3, 0.4) is 0 Å². The zero-order chi connectivity index (χ0) is 16.5. The number of nitrogens with zero attached hydrogens (tertiary/aromatic N) is 2. The van der Waals surface area contributed by atoms with Crippen LogP contribution >= 0.6 is 0 Å². The minimum Gasteiger partial charge on any atom is -0.303 e. The van der Waals surface area contributed by atoms with Crippen molar-refractivity contribution in [2.45, 2.75) is 12.7 Å². The van der Waals surface area contributed by atoms with Gasteiger partial charge in [0.25, 0.3) is 11.2 Å². The molecule has 0 saturated carbocycles. The molecule has 0 fully saturated rings. The van der Waals surface area contributed by atoms with Crippen molar-refractivity contribution in [3.63, 3.8) is 0 Å². The summed E-state index contributed by atoms with van der Waals surface area (Å²) in [5.74, 6) is 0. The first kappa shape index (κ1) is 15.5. The number of rotatable bonds is 3. The topological polar surface area (TPSA) is 98.0 Å². The summed E-state index contributed by atoms with van der Waals surface area (Å²) in [7, 11) is 0. The maximum absolute atomic E-state index is 12.5. The lowest BCUT2D eigenvalue weighted by atomic mass is 10.2. The van der Waals surface area contributed by atoms with Crippen LogP contribution in [0.5, 0.6) is 0 Å². The standard InChI is InChI=1S/C12H8F3N3O4/c13-12(14,15)9-5-10(19)17(11(20)16-9)6-7-3-1-2-4-8(7)18(21)22/h1-5H,6H2,(H,16,20). The fourth-order valence-electron chi connectivity index (χ4n) is 1.82. The van der Waals surface area contributed by atoms with E-state index in [1.165, 1.54) is 29.2 Å². The van der Waals surface area contributed by atoms with Crippen LogP contribution in [-0.4, -0.2) is 14.5 Å². The van der Waals surface area contributed by atoms with E-state index in [1.54, 1.807) is 0 Å². The summed E-state index contributed by atoms with van der Waals surface area (Å²) in [6.45, 7) is -0.510. The Morgan fingerprint density at radius 1 is 1.23 bits per heavy atom. The van der Waals surface area contributed by atoms with Crippen LogP contribution in [0.25, 0.3) is 0 Å². The number of aromatic amines is 1. The summed E-state index contributed by atoms with van der Waals surface area (Å²) in [5.41, 5.74) is -4.28. The minimum atomic E-state index is -4.86. The SMILES string of the molecule is O=c1cc(C(F)(F)F)[nH]c(=O)n1Cc1ccccc1[N+](=O)[O-]. The first-order valence-corrected chi connectivity index (χ1v) is 5.84. The third-order valence-electron chi connectivity index (χ3n) is 2.84. The zero-order valence-electron chi connectivity index (χ0n) is 10.8. The number of aromatic nitrogens is 2. The molecule has 1 heterocycles. The molecule has 0 aliphatic rings. The second-order valence-electron chi connectivity index (χ2n) is 4.30. The monoisotopic (exact) mass is 315 g/mol. The van der Waals surface area contributed by atoms with Gasteiger partial charge < -0.3 is 4.98 Å². The van der Waals surface area contributed by atoms with Crippen LogP contribution in [0.1, 0.15) is 11.3 Å². The van der Waals surface area contributed by atoms with E-state index in [-0.39, 0.29) is 17.3 Å². The van der Waals surface area contributed by atoms with Crippen LogP contribution in [-0.2, 0) is 12.7 Å². The third kappa shape index (κ3) is 3.05. The van der Waals surface area contributed by atoms with Crippen molar-refractivity contribution in [2.24, 2.45) is 0 Å². The Balaban J connectivity index is 2.51. The van der Waals surface area contributed by atoms with E-state index < -0.39 is 34.6 Å². The molecule has 2 rings (SSSR count). The highest BCUT2D eigenvalue weighted by Crippen LogP contribution is 2.25. The van der Waals surface area contributed by atoms with Crippen molar-refractivity contribution in [1.82, 2.24) is 9.55 Å². The van der Waals surface area contributed by atoms with Crippen LogP contribution in [0, 0.1) is 10.1 Å². The van der Waals surface area contributed by atoms with E-state index in [1.807, 2.05) is 0 Å². The summed E-state index contributed by atoms with van der Waals surface area (Å²) in [6.07, 6.45) is -4.86. The summed E-state index contributed by atoms with van der Waals surface area (Å²) < 4.78 is 37.9. The number of halogens is 3. The number of nitro groups is 1. The average molecular weight is 315 g/mol. The quantitative estimate of drug-likeness (QED) is 0.685. The summed E-state index contributed by atoms with van der Waals surface area (Å²) in [4.78, 5) is 35.0. The molecular formula is C12H8F3N3O4. The second kappa shape index (κ2) is 5.47. The van der Waals surface area contributed by atoms with E-state index in [4.69, 9.17) is 0 Å². The molecule has 116 valence electrons. The summed E-state index contributed by atoms with van der Waals surface area (Å²) in [6, 6.07) is 5.55. The molecule has 0 radical (unpaired) electrons. The Morgan fingerprint density at radius 3 is 2.41 bits per heavy atom. The first-order chi connectivity index (χ1) is 10.2. The smallest absolute Gasteiger partial charge is 0.303 e. The molecule has 22 heavy (non-hydrogen) atoms. The molecule has 0 aliphatic heterocycles. The molecule has 1 aromatic carbocycles. The molecule has 0 aliphatic carbocycles. The van der Waals surface area contributed by atoms with Crippen molar-refractivity contribution in [1.29, 1.82) is 0 Å². The van der Waals surface area contributed by atoms with Crippen LogP contribution in [0.4, 0.5) is 18.9 Å². The molecular weight excluding hydrogens is 307 g/mol. The van der Waals surface area contributed by atoms with E-state index in [9.17, 15) is 32.9 Å². The lowest BCUT2D eigenvalue weighted by Gasteiger charge is -2.09. The van der Waals surface area contributed by atoms with E-state index in [0.717, 1.165) is 0 Å². The first-order valence-electron chi connectivity index (χ1n) is 5.84. The van der Waals surface area contributed by atoms with Crippen LogP contribution in [0.2, 0.25) is 0 Å². The highest BCUT2D eigenvalue weighted by molar-refractivity contribution is 5.39. The lowest BCUT2D eigenvalue weighted by molar-refractivity contribution is -0.385. The molecule has 0 spiro atoms. The minimum absolute atomic E-state index is 0.0276. The van der Waals surface area contributed by atoms with Crippen molar-refractivity contribution in [2.75, 3.05) is 0 Å². The molecule has 2 aromatic rings. The Kier molecular flexibility index (Phi) is 3.85. The van der Waals surface area contributed by atoms with Gasteiger partial charge in [-0.3, -0.25) is 19.5 Å². The molecule has 7 nitrogen and oxygen atoms in total. The maximum Gasteiger partial charge on any atom is 0.431 e. The van der Waals surface area contributed by atoms with Crippen LogP contribution < -0.4 is 11.2 Å². The van der Waals surface area contributed by atoms with Gasteiger partial charge in [0.05, 0.1) is 11.5 Å². The fourth-order valence-corrected chi connectivity index (χ4v) is 1.82. The summed E-state index contributed by atoms with van der Waals surface area (Å²) >= 11 is 0. The molecule has 1 aromatic heterocycles. The molecule has 0 amide bonds. The van der Waals surface area contributed by atoms with Gasteiger partial charge in [0.1, 0.15) is 5.69 Å². The van der Waals surface area contributed by atoms with Gasteiger partial charge in [0.15, 0.2) is 0 Å².